The number of fused-ring (bicyclic) bond motifs is 7. The SMILES string of the molecule is c1ccc(N(c2ccc3ccccc3c2)c2cc3c4cc5ccccc5cc4oc3c3ccccc23)cc1. The molecule has 0 saturated heterocycles. The van der Waals surface area contributed by atoms with E-state index in [0.29, 0.717) is 0 Å². The van der Waals surface area contributed by atoms with Gasteiger partial charge in [-0.2, -0.15) is 0 Å². The summed E-state index contributed by atoms with van der Waals surface area (Å²) in [5, 5.41) is 9.38. The zero-order chi connectivity index (χ0) is 25.1. The first-order valence-electron chi connectivity index (χ1n) is 12.9. The molecule has 38 heavy (non-hydrogen) atoms. The monoisotopic (exact) mass is 485 g/mol. The number of para-hydroxylation sites is 1. The lowest BCUT2D eigenvalue weighted by atomic mass is 10.0. The molecule has 2 heteroatoms. The molecular weight excluding hydrogens is 462 g/mol. The Morgan fingerprint density at radius 1 is 0.395 bits per heavy atom. The lowest BCUT2D eigenvalue weighted by Crippen LogP contribution is -2.10. The van der Waals surface area contributed by atoms with Crippen molar-refractivity contribution in [2.75, 3.05) is 4.90 Å². The van der Waals surface area contributed by atoms with E-state index in [1.807, 2.05) is 0 Å². The highest BCUT2D eigenvalue weighted by atomic mass is 16.3. The van der Waals surface area contributed by atoms with Crippen LogP contribution in [0, 0.1) is 0 Å². The molecule has 178 valence electrons. The minimum atomic E-state index is 0.915. The minimum absolute atomic E-state index is 0.915. The largest absolute Gasteiger partial charge is 0.455 e. The van der Waals surface area contributed by atoms with Crippen LogP contribution in [0.4, 0.5) is 17.1 Å². The number of anilines is 3. The van der Waals surface area contributed by atoms with Crippen molar-refractivity contribution in [3.63, 3.8) is 0 Å². The summed E-state index contributed by atoms with van der Waals surface area (Å²) in [6.45, 7) is 0. The molecule has 0 atom stereocenters. The van der Waals surface area contributed by atoms with Crippen molar-refractivity contribution in [1.29, 1.82) is 0 Å². The molecule has 0 bridgehead atoms. The Hall–Kier alpha value is -5.08. The zero-order valence-corrected chi connectivity index (χ0v) is 20.6. The molecule has 0 spiro atoms. The third-order valence-electron chi connectivity index (χ3n) is 7.57. The van der Waals surface area contributed by atoms with Crippen LogP contribution in [0.5, 0.6) is 0 Å². The van der Waals surface area contributed by atoms with E-state index in [1.54, 1.807) is 0 Å². The summed E-state index contributed by atoms with van der Waals surface area (Å²) in [6.07, 6.45) is 0. The van der Waals surface area contributed by atoms with Gasteiger partial charge in [0.15, 0.2) is 0 Å². The fourth-order valence-corrected chi connectivity index (χ4v) is 5.77. The molecule has 2 nitrogen and oxygen atoms in total. The summed E-state index contributed by atoms with van der Waals surface area (Å²) < 4.78 is 6.56. The second kappa shape index (κ2) is 8.22. The summed E-state index contributed by atoms with van der Waals surface area (Å²) in [5.74, 6) is 0. The fourth-order valence-electron chi connectivity index (χ4n) is 5.77. The van der Waals surface area contributed by atoms with Crippen LogP contribution >= 0.6 is 0 Å². The van der Waals surface area contributed by atoms with E-state index in [2.05, 4.69) is 144 Å². The average molecular weight is 486 g/mol. The van der Waals surface area contributed by atoms with Crippen LogP contribution in [0.2, 0.25) is 0 Å². The van der Waals surface area contributed by atoms with Gasteiger partial charge in [-0.1, -0.05) is 97.1 Å². The van der Waals surface area contributed by atoms with Gasteiger partial charge < -0.3 is 9.32 Å². The van der Waals surface area contributed by atoms with Gasteiger partial charge in [0.2, 0.25) is 0 Å². The molecule has 0 fully saturated rings. The highest BCUT2D eigenvalue weighted by Gasteiger charge is 2.20. The van der Waals surface area contributed by atoms with Gasteiger partial charge in [-0.25, -0.2) is 0 Å². The first-order chi connectivity index (χ1) is 18.8. The predicted octanol–water partition coefficient (Wildman–Crippen LogP) is 10.5. The highest BCUT2D eigenvalue weighted by Crippen LogP contribution is 2.45. The first kappa shape index (κ1) is 21.0. The van der Waals surface area contributed by atoms with Gasteiger partial charge in [-0.05, 0) is 64.0 Å². The number of hydrogen-bond donors (Lipinski definition) is 0. The van der Waals surface area contributed by atoms with Crippen molar-refractivity contribution in [2.45, 2.75) is 0 Å². The Morgan fingerprint density at radius 3 is 1.82 bits per heavy atom. The molecule has 0 radical (unpaired) electrons. The van der Waals surface area contributed by atoms with E-state index >= 15 is 0 Å². The Bertz CT molecular complexity index is 2140. The molecule has 0 aliphatic heterocycles. The molecule has 0 saturated carbocycles. The zero-order valence-electron chi connectivity index (χ0n) is 20.6. The summed E-state index contributed by atoms with van der Waals surface area (Å²) in [5.41, 5.74) is 5.22. The maximum atomic E-state index is 6.56. The summed E-state index contributed by atoms with van der Waals surface area (Å²) in [6, 6.07) is 49.6. The van der Waals surface area contributed by atoms with Crippen molar-refractivity contribution < 1.29 is 4.42 Å². The van der Waals surface area contributed by atoms with Gasteiger partial charge in [0, 0.05) is 32.9 Å². The molecule has 1 aromatic heterocycles. The molecule has 0 aliphatic rings. The first-order valence-corrected chi connectivity index (χ1v) is 12.9. The lowest BCUT2D eigenvalue weighted by molar-refractivity contribution is 0.673. The molecule has 1 heterocycles. The molecular formula is C36H23NO. The van der Waals surface area contributed by atoms with Crippen LogP contribution in [0.1, 0.15) is 0 Å². The molecule has 0 N–H and O–H groups in total. The molecule has 0 unspecified atom stereocenters. The second-order valence-electron chi connectivity index (χ2n) is 9.82. The van der Waals surface area contributed by atoms with Gasteiger partial charge >= 0.3 is 0 Å². The highest BCUT2D eigenvalue weighted by molar-refractivity contribution is 6.21. The van der Waals surface area contributed by atoms with Crippen LogP contribution in [-0.4, -0.2) is 0 Å². The van der Waals surface area contributed by atoms with Gasteiger partial charge in [0.05, 0.1) is 5.69 Å². The van der Waals surface area contributed by atoms with Gasteiger partial charge in [-0.15, -0.1) is 0 Å². The van der Waals surface area contributed by atoms with Gasteiger partial charge in [0.25, 0.3) is 0 Å². The second-order valence-corrected chi connectivity index (χ2v) is 9.82. The number of rotatable bonds is 3. The van der Waals surface area contributed by atoms with Gasteiger partial charge in [0.1, 0.15) is 11.2 Å². The molecule has 7 aromatic carbocycles. The minimum Gasteiger partial charge on any atom is -0.455 e. The Labute approximate surface area is 220 Å². The average Bonchev–Trinajstić information content (AvgIpc) is 3.34. The van der Waals surface area contributed by atoms with E-state index in [0.717, 1.165) is 49.8 Å². The molecule has 0 aliphatic carbocycles. The van der Waals surface area contributed by atoms with E-state index < -0.39 is 0 Å². The number of nitrogens with zero attached hydrogens (tertiary/aromatic N) is 1. The summed E-state index contributed by atoms with van der Waals surface area (Å²) in [4.78, 5) is 2.37. The summed E-state index contributed by atoms with van der Waals surface area (Å²) in [7, 11) is 0. The smallest absolute Gasteiger partial charge is 0.143 e. The van der Waals surface area contributed by atoms with Crippen LogP contribution < -0.4 is 4.90 Å². The molecule has 8 rings (SSSR count). The number of benzene rings is 7. The van der Waals surface area contributed by atoms with E-state index in [9.17, 15) is 0 Å². The third kappa shape index (κ3) is 3.21. The van der Waals surface area contributed by atoms with E-state index in [1.165, 1.54) is 21.5 Å². The Kier molecular flexibility index (Phi) is 4.55. The van der Waals surface area contributed by atoms with E-state index in [4.69, 9.17) is 4.42 Å². The van der Waals surface area contributed by atoms with Crippen molar-refractivity contribution in [2.24, 2.45) is 0 Å². The normalized spacial score (nSPS) is 11.7. The quantitative estimate of drug-likeness (QED) is 0.247. The number of hydrogen-bond acceptors (Lipinski definition) is 2. The van der Waals surface area contributed by atoms with E-state index in [-0.39, 0.29) is 0 Å². The predicted molar refractivity (Wildman–Crippen MR) is 161 cm³/mol. The van der Waals surface area contributed by atoms with Crippen molar-refractivity contribution in [3.8, 4) is 0 Å². The molecule has 0 amide bonds. The topological polar surface area (TPSA) is 16.4 Å². The van der Waals surface area contributed by atoms with Crippen molar-refractivity contribution in [3.05, 3.63) is 140 Å². The molecule has 8 aromatic rings. The van der Waals surface area contributed by atoms with Crippen LogP contribution in [-0.2, 0) is 0 Å². The Balaban J connectivity index is 1.48. The summed E-state index contributed by atoms with van der Waals surface area (Å²) >= 11 is 0. The Morgan fingerprint density at radius 2 is 1.03 bits per heavy atom. The van der Waals surface area contributed by atoms with Crippen LogP contribution in [0.3, 0.4) is 0 Å². The standard InChI is InChI=1S/C36H23NO/c1-2-14-28(15-3-1)37(29-19-18-24-10-4-5-11-25(24)20-29)34-23-33-32-21-26-12-6-7-13-27(26)22-35(32)38-36(33)31-17-9-8-16-30(31)34/h1-23H. The maximum absolute atomic E-state index is 6.56. The lowest BCUT2D eigenvalue weighted by Gasteiger charge is -2.27. The fraction of sp³-hybridized carbons (Fsp3) is 0. The third-order valence-corrected chi connectivity index (χ3v) is 7.57. The van der Waals surface area contributed by atoms with Crippen molar-refractivity contribution >= 4 is 71.3 Å². The maximum Gasteiger partial charge on any atom is 0.143 e. The van der Waals surface area contributed by atoms with Crippen LogP contribution in [0.15, 0.2) is 144 Å². The van der Waals surface area contributed by atoms with Gasteiger partial charge in [-0.3, -0.25) is 0 Å². The van der Waals surface area contributed by atoms with Crippen molar-refractivity contribution in [1.82, 2.24) is 0 Å². The van der Waals surface area contributed by atoms with Crippen LogP contribution in [0.25, 0.3) is 54.3 Å². The number of furan rings is 1.